The first-order chi connectivity index (χ1) is 22.3. The Morgan fingerprint density at radius 1 is 1.11 bits per heavy atom. The van der Waals surface area contributed by atoms with E-state index < -0.39 is 89.0 Å². The molecule has 2 heterocycles. The van der Waals surface area contributed by atoms with Crippen molar-refractivity contribution in [2.45, 2.75) is 119 Å². The van der Waals surface area contributed by atoms with Crippen LogP contribution in [0.4, 0.5) is 0 Å². The van der Waals surface area contributed by atoms with Crippen LogP contribution in [0.25, 0.3) is 0 Å². The van der Waals surface area contributed by atoms with Crippen LogP contribution < -0.4 is 0 Å². The summed E-state index contributed by atoms with van der Waals surface area (Å²) in [5.41, 5.74) is -6.44. The molecular weight excluding hydrogens is 604 g/mol. The molecule has 0 aromatic heterocycles. The van der Waals surface area contributed by atoms with Gasteiger partial charge in [-0.2, -0.15) is 0 Å². The lowest BCUT2D eigenvalue weighted by atomic mass is 9.53. The molecule has 3 aliphatic carbocycles. The highest BCUT2D eigenvalue weighted by molar-refractivity contribution is 5.82. The third-order valence-corrected chi connectivity index (χ3v) is 11.8. The first-order valence-corrected chi connectivity index (χ1v) is 17.0. The number of aliphatic hydroxyl groups excluding tert-OH is 3. The molecule has 47 heavy (non-hydrogen) atoms. The topological polar surface area (TPSA) is 155 Å². The second kappa shape index (κ2) is 12.2. The molecule has 0 radical (unpaired) electrons. The lowest BCUT2D eigenvalue weighted by Crippen LogP contribution is -2.73. The quantitative estimate of drug-likeness (QED) is 0.0834. The van der Waals surface area contributed by atoms with Gasteiger partial charge in [0, 0.05) is 23.5 Å². The van der Waals surface area contributed by atoms with Gasteiger partial charge in [-0.05, 0) is 50.0 Å². The van der Waals surface area contributed by atoms with Gasteiger partial charge in [0.15, 0.2) is 0 Å². The fourth-order valence-corrected chi connectivity index (χ4v) is 9.60. The van der Waals surface area contributed by atoms with E-state index in [2.05, 4.69) is 13.5 Å². The van der Waals surface area contributed by atoms with E-state index in [0.29, 0.717) is 17.6 Å². The summed E-state index contributed by atoms with van der Waals surface area (Å²) >= 11 is 0. The Hall–Kier alpha value is -2.41. The molecule has 0 unspecified atom stereocenters. The zero-order valence-corrected chi connectivity index (χ0v) is 27.7. The second-order valence-corrected chi connectivity index (χ2v) is 14.6. The minimum absolute atomic E-state index is 0.208. The van der Waals surface area contributed by atoms with Crippen molar-refractivity contribution in [2.24, 2.45) is 23.7 Å². The molecule has 0 amide bonds. The van der Waals surface area contributed by atoms with E-state index in [-0.39, 0.29) is 6.42 Å². The van der Waals surface area contributed by atoms with E-state index in [1.807, 2.05) is 38.1 Å². The van der Waals surface area contributed by atoms with Gasteiger partial charge in [-0.1, -0.05) is 88.8 Å². The van der Waals surface area contributed by atoms with Gasteiger partial charge in [0.2, 0.25) is 0 Å². The Kier molecular flexibility index (Phi) is 8.92. The zero-order chi connectivity index (χ0) is 34.0. The molecule has 6 rings (SSSR count). The van der Waals surface area contributed by atoms with E-state index in [1.165, 1.54) is 6.08 Å². The Labute approximate surface area is 276 Å². The number of rotatable bonds is 10. The summed E-state index contributed by atoms with van der Waals surface area (Å²) in [5.74, 6) is -5.53. The van der Waals surface area contributed by atoms with Gasteiger partial charge in [0.05, 0.1) is 18.3 Å². The molecule has 10 nitrogen and oxygen atoms in total. The molecule has 1 aromatic rings. The summed E-state index contributed by atoms with van der Waals surface area (Å²) in [5, 5.41) is 59.8. The summed E-state index contributed by atoms with van der Waals surface area (Å²) in [6.45, 7) is 10.8. The molecule has 5 N–H and O–H groups in total. The smallest absolute Gasteiger partial charge is 0.331 e. The molecule has 2 aliphatic heterocycles. The average molecular weight is 655 g/mol. The first-order valence-electron chi connectivity index (χ1n) is 17.0. The van der Waals surface area contributed by atoms with E-state index in [1.54, 1.807) is 31.2 Å². The van der Waals surface area contributed by atoms with Gasteiger partial charge in [-0.3, -0.25) is 0 Å². The third-order valence-electron chi connectivity index (χ3n) is 11.8. The molecule has 13 atom stereocenters. The number of ether oxygens (including phenoxy) is 4. The summed E-state index contributed by atoms with van der Waals surface area (Å²) in [6, 6.07) is 9.11. The molecule has 1 aromatic carbocycles. The third kappa shape index (κ3) is 4.78. The average Bonchev–Trinajstić information content (AvgIpc) is 3.42. The van der Waals surface area contributed by atoms with Crippen LogP contribution in [0, 0.1) is 23.7 Å². The van der Waals surface area contributed by atoms with Crippen molar-refractivity contribution in [3.63, 3.8) is 0 Å². The van der Waals surface area contributed by atoms with Crippen molar-refractivity contribution < 1.29 is 49.3 Å². The van der Waals surface area contributed by atoms with Crippen LogP contribution in [0.15, 0.2) is 66.8 Å². The number of carbonyl (C=O) groups excluding carboxylic acids is 1. The van der Waals surface area contributed by atoms with Crippen LogP contribution in [0.5, 0.6) is 0 Å². The Balaban J connectivity index is 1.45. The SMILES string of the molecule is C=C(C)[C@]12C[C@@H](C)[C@@]34O[C@](c5ccccc5)(O[C@@H]1[C@@H]3[C@H](O)[C@](O)(CO)[C@@H](O)[C@@]1(O)[C@H]4C[C@H](C)[C@@H]1OC(=O)/C=C/C=C/CCCCC)O2. The van der Waals surface area contributed by atoms with Crippen LogP contribution in [0.3, 0.4) is 0 Å². The number of unbranched alkanes of at least 4 members (excludes halogenated alkanes) is 3. The molecular formula is C37H50O10. The van der Waals surface area contributed by atoms with Crippen LogP contribution in [-0.4, -0.2) is 84.9 Å². The largest absolute Gasteiger partial charge is 0.456 e. The maximum atomic E-state index is 13.2. The van der Waals surface area contributed by atoms with Crippen molar-refractivity contribution in [2.75, 3.05) is 6.61 Å². The zero-order valence-electron chi connectivity index (χ0n) is 27.7. The number of hydrogen-bond donors (Lipinski definition) is 5. The van der Waals surface area contributed by atoms with Gasteiger partial charge in [0.25, 0.3) is 0 Å². The summed E-state index contributed by atoms with van der Waals surface area (Å²) < 4.78 is 26.5. The van der Waals surface area contributed by atoms with E-state index in [4.69, 9.17) is 18.9 Å². The fourth-order valence-electron chi connectivity index (χ4n) is 9.60. The highest BCUT2D eigenvalue weighted by atomic mass is 16.9. The Bertz CT molecular complexity index is 1410. The van der Waals surface area contributed by atoms with Crippen LogP contribution in [0.2, 0.25) is 0 Å². The lowest BCUT2D eigenvalue weighted by molar-refractivity contribution is -0.446. The molecule has 3 bridgehead atoms. The van der Waals surface area contributed by atoms with Crippen molar-refractivity contribution in [3.05, 3.63) is 72.4 Å². The van der Waals surface area contributed by atoms with Gasteiger partial charge in [0.1, 0.15) is 35.1 Å². The van der Waals surface area contributed by atoms with Crippen molar-refractivity contribution in [1.29, 1.82) is 0 Å². The van der Waals surface area contributed by atoms with Crippen molar-refractivity contribution >= 4 is 5.97 Å². The Morgan fingerprint density at radius 2 is 1.83 bits per heavy atom. The molecule has 5 fully saturated rings. The predicted molar refractivity (Wildman–Crippen MR) is 171 cm³/mol. The normalized spacial score (nSPS) is 46.8. The number of esters is 1. The number of aliphatic hydroxyl groups is 5. The van der Waals surface area contributed by atoms with Gasteiger partial charge in [-0.25, -0.2) is 4.79 Å². The van der Waals surface area contributed by atoms with Gasteiger partial charge < -0.3 is 44.5 Å². The molecule has 2 saturated heterocycles. The van der Waals surface area contributed by atoms with Crippen LogP contribution in [-0.2, 0) is 29.7 Å². The lowest BCUT2D eigenvalue weighted by Gasteiger charge is -2.60. The maximum absolute atomic E-state index is 13.2. The van der Waals surface area contributed by atoms with Crippen molar-refractivity contribution in [3.8, 4) is 0 Å². The van der Waals surface area contributed by atoms with Crippen LogP contribution >= 0.6 is 0 Å². The highest BCUT2D eigenvalue weighted by Gasteiger charge is 2.85. The first kappa shape index (κ1) is 34.5. The van der Waals surface area contributed by atoms with Gasteiger partial charge in [-0.15, -0.1) is 0 Å². The summed E-state index contributed by atoms with van der Waals surface area (Å²) in [4.78, 5) is 13.2. The van der Waals surface area contributed by atoms with E-state index >= 15 is 0 Å². The number of benzene rings is 1. The van der Waals surface area contributed by atoms with Crippen LogP contribution in [0.1, 0.15) is 71.8 Å². The minimum atomic E-state index is -2.65. The molecule has 258 valence electrons. The van der Waals surface area contributed by atoms with E-state index in [9.17, 15) is 30.3 Å². The van der Waals surface area contributed by atoms with E-state index in [0.717, 1.165) is 25.7 Å². The standard InChI is InChI=1S/C37H50O10/c1-6-7-8-9-10-11-15-18-27(39)44-30-23(4)19-26-35(30,43)32(41)33(42,21-38)29(40)28-31-34(22(2)3)20-24(5)36(26,28)47-37(45-31,46-34)25-16-13-12-14-17-25/h10-18,23-24,26,28-32,38,40-43H,2,6-9,19-21H2,1,3-5H3/b11-10+,18-15+/t23-,24+,26+,28-,29-,30-,31+,32+,33+,34+,35+,36-,37+/m0/s1. The fraction of sp³-hybridized carbons (Fsp3) is 0.649. The number of carbonyl (C=O) groups is 1. The number of allylic oxidation sites excluding steroid dienone is 3. The van der Waals surface area contributed by atoms with Gasteiger partial charge >= 0.3 is 11.9 Å². The molecule has 3 saturated carbocycles. The number of hydrogen-bond acceptors (Lipinski definition) is 10. The molecule has 0 spiro atoms. The van der Waals surface area contributed by atoms with Crippen molar-refractivity contribution in [1.82, 2.24) is 0 Å². The minimum Gasteiger partial charge on any atom is -0.456 e. The summed E-state index contributed by atoms with van der Waals surface area (Å²) in [7, 11) is 0. The maximum Gasteiger partial charge on any atom is 0.331 e. The molecule has 10 heteroatoms. The highest BCUT2D eigenvalue weighted by Crippen LogP contribution is 2.72. The monoisotopic (exact) mass is 654 g/mol. The number of fused-ring (bicyclic) bond motifs is 2. The summed E-state index contributed by atoms with van der Waals surface area (Å²) in [6.07, 6.45) is 5.06. The Morgan fingerprint density at radius 3 is 2.49 bits per heavy atom. The second-order valence-electron chi connectivity index (χ2n) is 14.6. The predicted octanol–water partition coefficient (Wildman–Crippen LogP) is 3.40. The molecule has 5 aliphatic rings.